The van der Waals surface area contributed by atoms with Gasteiger partial charge in [-0.25, -0.2) is 14.6 Å². The fourth-order valence-electron chi connectivity index (χ4n) is 1.58. The third kappa shape index (κ3) is 2.74. The quantitative estimate of drug-likeness (QED) is 0.750. The Morgan fingerprint density at radius 3 is 2.21 bits per heavy atom. The molecule has 0 bridgehead atoms. The van der Waals surface area contributed by atoms with Gasteiger partial charge in [-0.2, -0.15) is 5.10 Å². The van der Waals surface area contributed by atoms with Gasteiger partial charge in [0.25, 0.3) is 0 Å². The van der Waals surface area contributed by atoms with Crippen LogP contribution in [0.15, 0.2) is 6.20 Å². The van der Waals surface area contributed by atoms with Crippen LogP contribution in [-0.4, -0.2) is 19.7 Å². The van der Waals surface area contributed by atoms with Crippen molar-refractivity contribution < 1.29 is 0 Å². The molecule has 0 aliphatic rings. The van der Waals surface area contributed by atoms with Crippen LogP contribution in [0, 0.1) is 13.8 Å². The smallest absolute Gasteiger partial charge is 0.161 e. The predicted molar refractivity (Wildman–Crippen MR) is 77.3 cm³/mol. The summed E-state index contributed by atoms with van der Waals surface area (Å²) in [6.45, 7) is 9.84. The van der Waals surface area contributed by atoms with Gasteiger partial charge in [0.05, 0.1) is 16.9 Å². The lowest BCUT2D eigenvalue weighted by Crippen LogP contribution is -2.18. The fraction of sp³-hybridized carbons (Fsp3) is 0.462. The summed E-state index contributed by atoms with van der Waals surface area (Å²) in [5.74, 6) is 1.35. The van der Waals surface area contributed by atoms with Crippen LogP contribution in [0.4, 0.5) is 0 Å². The Kier molecular flexibility index (Phi) is 3.58. The fourth-order valence-corrected chi connectivity index (χ4v) is 1.88. The van der Waals surface area contributed by atoms with Crippen LogP contribution in [0.5, 0.6) is 0 Å². The SMILES string of the molecule is Cc1nn(-c2nc(C(C)(C)C)nc(Cl)c2C)cc1Cl. The van der Waals surface area contributed by atoms with Gasteiger partial charge in [-0.3, -0.25) is 0 Å². The Hall–Kier alpha value is -1.13. The van der Waals surface area contributed by atoms with Crippen molar-refractivity contribution in [1.82, 2.24) is 19.7 Å². The van der Waals surface area contributed by atoms with E-state index >= 15 is 0 Å². The lowest BCUT2D eigenvalue weighted by atomic mass is 9.95. The number of halogens is 2. The number of hydrogen-bond donors (Lipinski definition) is 0. The highest BCUT2D eigenvalue weighted by Crippen LogP contribution is 2.26. The maximum atomic E-state index is 6.20. The summed E-state index contributed by atoms with van der Waals surface area (Å²) in [4.78, 5) is 8.91. The van der Waals surface area contributed by atoms with Crippen LogP contribution in [0.25, 0.3) is 5.82 Å². The van der Waals surface area contributed by atoms with Crippen molar-refractivity contribution in [2.24, 2.45) is 0 Å². The summed E-state index contributed by atoms with van der Waals surface area (Å²) < 4.78 is 1.65. The molecule has 0 spiro atoms. The average Bonchev–Trinajstić information content (AvgIpc) is 2.61. The molecule has 0 unspecified atom stereocenters. The second kappa shape index (κ2) is 4.76. The molecule has 2 aromatic heterocycles. The molecule has 2 heterocycles. The van der Waals surface area contributed by atoms with Crippen molar-refractivity contribution in [3.05, 3.63) is 33.5 Å². The maximum Gasteiger partial charge on any atom is 0.161 e. The van der Waals surface area contributed by atoms with Crippen molar-refractivity contribution in [2.45, 2.75) is 40.0 Å². The van der Waals surface area contributed by atoms with Crippen LogP contribution in [0.3, 0.4) is 0 Å². The van der Waals surface area contributed by atoms with E-state index in [1.165, 1.54) is 0 Å². The van der Waals surface area contributed by atoms with Gasteiger partial charge in [0.15, 0.2) is 5.82 Å². The van der Waals surface area contributed by atoms with Gasteiger partial charge < -0.3 is 0 Å². The zero-order chi connectivity index (χ0) is 14.4. The van der Waals surface area contributed by atoms with E-state index in [1.807, 2.05) is 34.6 Å². The average molecular weight is 299 g/mol. The van der Waals surface area contributed by atoms with Crippen LogP contribution in [-0.2, 0) is 5.41 Å². The summed E-state index contributed by atoms with van der Waals surface area (Å²) in [5, 5.41) is 5.39. The molecule has 0 aliphatic carbocycles. The zero-order valence-electron chi connectivity index (χ0n) is 11.6. The molecule has 2 aromatic rings. The Morgan fingerprint density at radius 1 is 1.11 bits per heavy atom. The molecule has 19 heavy (non-hydrogen) atoms. The van der Waals surface area contributed by atoms with Gasteiger partial charge >= 0.3 is 0 Å². The van der Waals surface area contributed by atoms with Crippen LogP contribution < -0.4 is 0 Å². The predicted octanol–water partition coefficient (Wildman–Crippen LogP) is 3.88. The molecule has 0 fully saturated rings. The molecule has 0 saturated heterocycles. The monoisotopic (exact) mass is 298 g/mol. The topological polar surface area (TPSA) is 43.6 Å². The third-order valence-corrected chi connectivity index (χ3v) is 3.53. The minimum Gasteiger partial charge on any atom is -0.220 e. The minimum atomic E-state index is -0.182. The molecular weight excluding hydrogens is 283 g/mol. The Morgan fingerprint density at radius 2 is 1.74 bits per heavy atom. The van der Waals surface area contributed by atoms with E-state index < -0.39 is 0 Å². The second-order valence-corrected chi connectivity index (χ2v) is 6.31. The van der Waals surface area contributed by atoms with E-state index in [0.29, 0.717) is 21.8 Å². The molecule has 0 N–H and O–H groups in total. The first-order valence-electron chi connectivity index (χ1n) is 5.97. The molecule has 0 amide bonds. The summed E-state index contributed by atoms with van der Waals surface area (Å²) in [6.07, 6.45) is 1.73. The van der Waals surface area contributed by atoms with Crippen LogP contribution in [0.2, 0.25) is 10.2 Å². The molecule has 2 rings (SSSR count). The van der Waals surface area contributed by atoms with Gasteiger partial charge in [0.1, 0.15) is 11.0 Å². The third-order valence-electron chi connectivity index (χ3n) is 2.79. The first-order valence-corrected chi connectivity index (χ1v) is 6.72. The standard InChI is InChI=1S/C13H16Cl2N4/c1-7-10(15)16-12(13(3,4)5)17-11(7)19-6-9(14)8(2)18-19/h6H,1-5H3. The first-order chi connectivity index (χ1) is 8.70. The number of hydrogen-bond acceptors (Lipinski definition) is 3. The highest BCUT2D eigenvalue weighted by atomic mass is 35.5. The first kappa shape index (κ1) is 14.3. The van der Waals surface area contributed by atoms with E-state index in [1.54, 1.807) is 10.9 Å². The summed E-state index contributed by atoms with van der Waals surface area (Å²) in [5.41, 5.74) is 1.36. The summed E-state index contributed by atoms with van der Waals surface area (Å²) in [6, 6.07) is 0. The van der Waals surface area contributed by atoms with E-state index in [9.17, 15) is 0 Å². The molecule has 6 heteroatoms. The van der Waals surface area contributed by atoms with Gasteiger partial charge in [0.2, 0.25) is 0 Å². The van der Waals surface area contributed by atoms with Gasteiger partial charge in [-0.15, -0.1) is 0 Å². The van der Waals surface area contributed by atoms with Crippen molar-refractivity contribution >= 4 is 23.2 Å². The normalized spacial score (nSPS) is 11.9. The number of aryl methyl sites for hydroxylation is 1. The highest BCUT2D eigenvalue weighted by Gasteiger charge is 2.21. The van der Waals surface area contributed by atoms with E-state index in [2.05, 4.69) is 15.1 Å². The molecule has 0 aliphatic heterocycles. The maximum absolute atomic E-state index is 6.20. The highest BCUT2D eigenvalue weighted by molar-refractivity contribution is 6.31. The van der Waals surface area contributed by atoms with Crippen molar-refractivity contribution in [3.63, 3.8) is 0 Å². The molecule has 4 nitrogen and oxygen atoms in total. The Balaban J connectivity index is 2.65. The lowest BCUT2D eigenvalue weighted by Gasteiger charge is -2.18. The molecular formula is C13H16Cl2N4. The molecule has 0 atom stereocenters. The van der Waals surface area contributed by atoms with E-state index in [-0.39, 0.29) is 5.41 Å². The van der Waals surface area contributed by atoms with Crippen molar-refractivity contribution in [2.75, 3.05) is 0 Å². The second-order valence-electron chi connectivity index (χ2n) is 5.54. The van der Waals surface area contributed by atoms with Gasteiger partial charge in [-0.05, 0) is 13.8 Å². The van der Waals surface area contributed by atoms with Gasteiger partial charge in [0, 0.05) is 11.0 Å². The number of rotatable bonds is 1. The van der Waals surface area contributed by atoms with Crippen LogP contribution in [0.1, 0.15) is 37.9 Å². The lowest BCUT2D eigenvalue weighted by molar-refractivity contribution is 0.541. The van der Waals surface area contributed by atoms with E-state index in [0.717, 1.165) is 11.3 Å². The van der Waals surface area contributed by atoms with Crippen molar-refractivity contribution in [1.29, 1.82) is 0 Å². The Labute approximate surface area is 122 Å². The number of nitrogens with zero attached hydrogens (tertiary/aromatic N) is 4. The van der Waals surface area contributed by atoms with Crippen LogP contribution >= 0.6 is 23.2 Å². The number of aromatic nitrogens is 4. The Bertz CT molecular complexity index is 607. The van der Waals surface area contributed by atoms with Gasteiger partial charge in [-0.1, -0.05) is 44.0 Å². The summed E-state index contributed by atoms with van der Waals surface area (Å²) >= 11 is 12.2. The molecule has 0 aromatic carbocycles. The van der Waals surface area contributed by atoms with Crippen molar-refractivity contribution in [3.8, 4) is 5.82 Å². The molecule has 102 valence electrons. The molecule has 0 radical (unpaired) electrons. The minimum absolute atomic E-state index is 0.182. The zero-order valence-corrected chi connectivity index (χ0v) is 13.1. The molecule has 0 saturated carbocycles. The van der Waals surface area contributed by atoms with E-state index in [4.69, 9.17) is 23.2 Å². The largest absolute Gasteiger partial charge is 0.220 e. The summed E-state index contributed by atoms with van der Waals surface area (Å²) in [7, 11) is 0.